The average molecular weight is 408 g/mol. The highest BCUT2D eigenvalue weighted by Gasteiger charge is 3.00. The number of rotatable bonds is 0. The van der Waals surface area contributed by atoms with Crippen molar-refractivity contribution in [1.29, 1.82) is 0 Å². The highest BCUT2D eigenvalue weighted by atomic mass is 16.7. The minimum absolute atomic E-state index is 0.107. The molecule has 9 nitrogen and oxygen atoms in total. The lowest BCUT2D eigenvalue weighted by molar-refractivity contribution is -0.207. The van der Waals surface area contributed by atoms with Crippen molar-refractivity contribution in [3.05, 3.63) is 0 Å². The molecule has 158 valence electrons. The third kappa shape index (κ3) is 1.43. The summed E-state index contributed by atoms with van der Waals surface area (Å²) in [7, 11) is 0. The molecule has 2 aliphatic carbocycles. The van der Waals surface area contributed by atoms with Crippen LogP contribution in [0.25, 0.3) is 0 Å². The zero-order valence-corrected chi connectivity index (χ0v) is 16.6. The summed E-state index contributed by atoms with van der Waals surface area (Å²) in [4.78, 5) is 38.1. The van der Waals surface area contributed by atoms with Gasteiger partial charge >= 0.3 is 17.9 Å². The number of carbonyl (C=O) groups is 3. The van der Waals surface area contributed by atoms with Gasteiger partial charge in [0.2, 0.25) is 6.29 Å². The van der Waals surface area contributed by atoms with Crippen LogP contribution in [0, 0.1) is 34.0 Å². The third-order valence-electron chi connectivity index (χ3n) is 8.66. The van der Waals surface area contributed by atoms with Gasteiger partial charge in [-0.3, -0.25) is 9.59 Å². The number of hydrogen-bond donors (Lipinski definition) is 2. The molecule has 0 bridgehead atoms. The van der Waals surface area contributed by atoms with E-state index in [0.29, 0.717) is 0 Å². The van der Waals surface area contributed by atoms with Crippen LogP contribution in [0.4, 0.5) is 0 Å². The van der Waals surface area contributed by atoms with Gasteiger partial charge in [-0.15, -0.1) is 0 Å². The van der Waals surface area contributed by atoms with Crippen molar-refractivity contribution in [1.82, 2.24) is 0 Å². The fourth-order valence-electron chi connectivity index (χ4n) is 8.28. The molecule has 2 N–H and O–H groups in total. The standard InChI is InChI=1S/C20H24O9/c1-6-8-10(27-14(6)24)12(23)19-13-9(22)11(17(2,3)4)18(19)5-7(21)26-16(18)29-20(8,19)15(25)28-13/h6,8-13,16,22-23H,5H2,1-4H3/t6-,8-,9+,10?,11-,12-,13?,16-,18?,19?,20?/m0/s1. The minimum atomic E-state index is -1.71. The Balaban J connectivity index is 1.69. The van der Waals surface area contributed by atoms with Crippen molar-refractivity contribution in [3.8, 4) is 0 Å². The van der Waals surface area contributed by atoms with Crippen LogP contribution in [0.3, 0.4) is 0 Å². The summed E-state index contributed by atoms with van der Waals surface area (Å²) in [6.45, 7) is 7.43. The van der Waals surface area contributed by atoms with Gasteiger partial charge in [-0.1, -0.05) is 27.7 Å². The van der Waals surface area contributed by atoms with E-state index in [-0.39, 0.29) is 6.42 Å². The Morgan fingerprint density at radius 2 is 1.76 bits per heavy atom. The van der Waals surface area contributed by atoms with Crippen molar-refractivity contribution < 1.29 is 43.5 Å². The van der Waals surface area contributed by atoms with Crippen LogP contribution >= 0.6 is 0 Å². The van der Waals surface area contributed by atoms with Gasteiger partial charge < -0.3 is 29.2 Å². The van der Waals surface area contributed by atoms with Crippen LogP contribution in [-0.2, 0) is 33.3 Å². The molecular weight excluding hydrogens is 384 g/mol. The first-order chi connectivity index (χ1) is 13.5. The first-order valence-electron chi connectivity index (χ1n) is 10.1. The lowest BCUT2D eigenvalue weighted by Crippen LogP contribution is -2.59. The second-order valence-corrected chi connectivity index (χ2v) is 10.6. The molecule has 6 fully saturated rings. The van der Waals surface area contributed by atoms with Crippen LogP contribution in [-0.4, -0.2) is 64.4 Å². The van der Waals surface area contributed by atoms with Gasteiger partial charge in [-0.2, -0.15) is 0 Å². The van der Waals surface area contributed by atoms with Gasteiger partial charge in [0.25, 0.3) is 0 Å². The van der Waals surface area contributed by atoms with Gasteiger partial charge in [0, 0.05) is 5.92 Å². The molecule has 0 aromatic carbocycles. The van der Waals surface area contributed by atoms with Crippen molar-refractivity contribution in [2.45, 2.75) is 70.4 Å². The topological polar surface area (TPSA) is 129 Å². The number of fused-ring (bicyclic) bond motifs is 1. The number of ether oxygens (including phenoxy) is 4. The minimum Gasteiger partial charge on any atom is -0.459 e. The fourth-order valence-corrected chi connectivity index (χ4v) is 8.28. The highest BCUT2D eigenvalue weighted by molar-refractivity contribution is 5.91. The Labute approximate surface area is 166 Å². The average Bonchev–Trinajstić information content (AvgIpc) is 3.30. The van der Waals surface area contributed by atoms with Crippen molar-refractivity contribution in [2.24, 2.45) is 34.0 Å². The van der Waals surface area contributed by atoms with Crippen LogP contribution in [0.5, 0.6) is 0 Å². The van der Waals surface area contributed by atoms with Gasteiger partial charge in [0.05, 0.1) is 35.2 Å². The van der Waals surface area contributed by atoms with Gasteiger partial charge in [0.1, 0.15) is 18.3 Å². The van der Waals surface area contributed by atoms with E-state index >= 15 is 0 Å². The molecule has 4 saturated heterocycles. The Morgan fingerprint density at radius 1 is 1.07 bits per heavy atom. The van der Waals surface area contributed by atoms with E-state index in [9.17, 15) is 24.6 Å². The van der Waals surface area contributed by atoms with Crippen molar-refractivity contribution >= 4 is 17.9 Å². The van der Waals surface area contributed by atoms with E-state index in [0.717, 1.165) is 0 Å². The molecule has 0 aromatic heterocycles. The van der Waals surface area contributed by atoms with Gasteiger partial charge in [0.15, 0.2) is 5.60 Å². The van der Waals surface area contributed by atoms with Crippen LogP contribution < -0.4 is 0 Å². The molecule has 29 heavy (non-hydrogen) atoms. The molecule has 5 unspecified atom stereocenters. The Kier molecular flexibility index (Phi) is 2.89. The molecule has 0 amide bonds. The summed E-state index contributed by atoms with van der Waals surface area (Å²) in [5.74, 6) is -3.79. The first kappa shape index (κ1) is 18.1. The lowest BCUT2D eigenvalue weighted by atomic mass is 9.52. The molecule has 2 spiro atoms. The summed E-state index contributed by atoms with van der Waals surface area (Å²) in [5.41, 5.74) is -4.83. The molecule has 2 saturated carbocycles. The largest absolute Gasteiger partial charge is 0.459 e. The lowest BCUT2D eigenvalue weighted by Gasteiger charge is -2.45. The predicted octanol–water partition coefficient (Wildman–Crippen LogP) is -0.484. The Bertz CT molecular complexity index is 878. The summed E-state index contributed by atoms with van der Waals surface area (Å²) < 4.78 is 23.0. The second kappa shape index (κ2) is 4.63. The van der Waals surface area contributed by atoms with E-state index in [1.54, 1.807) is 6.92 Å². The molecular formula is C20H24O9. The molecule has 11 atom stereocenters. The molecule has 6 rings (SSSR count). The first-order valence-corrected chi connectivity index (χ1v) is 10.1. The van der Waals surface area contributed by atoms with E-state index in [4.69, 9.17) is 18.9 Å². The highest BCUT2D eigenvalue weighted by Crippen LogP contribution is 2.83. The Hall–Kier alpha value is -1.71. The fraction of sp³-hybridized carbons (Fsp3) is 0.850. The van der Waals surface area contributed by atoms with Crippen LogP contribution in [0.1, 0.15) is 34.1 Å². The second-order valence-electron chi connectivity index (χ2n) is 10.6. The summed E-state index contributed by atoms with van der Waals surface area (Å²) in [5, 5.41) is 23.0. The predicted molar refractivity (Wildman–Crippen MR) is 90.6 cm³/mol. The molecule has 6 aliphatic rings. The Morgan fingerprint density at radius 3 is 2.41 bits per heavy atom. The normalized spacial score (nSPS) is 59.2. The molecule has 0 aromatic rings. The SMILES string of the molecule is C[C@@H]1C(=O)OC2[C@H]1C13O[C@@H]4OC(=O)CC45[C@H](C(C)(C)C)[C@@H](O)C(OC1=O)C35[C@H]2O. The van der Waals surface area contributed by atoms with Gasteiger partial charge in [-0.05, 0) is 5.41 Å². The summed E-state index contributed by atoms with van der Waals surface area (Å²) in [6.07, 6.45) is -5.71. The van der Waals surface area contributed by atoms with Crippen molar-refractivity contribution in [2.75, 3.05) is 0 Å². The quantitative estimate of drug-likeness (QED) is 0.403. The maximum atomic E-state index is 13.3. The maximum absolute atomic E-state index is 13.3. The van der Waals surface area contributed by atoms with E-state index < -0.39 is 88.2 Å². The molecule has 4 heterocycles. The molecule has 9 heteroatoms. The monoisotopic (exact) mass is 408 g/mol. The van der Waals surface area contributed by atoms with E-state index in [1.165, 1.54) is 0 Å². The molecule has 4 aliphatic heterocycles. The number of aliphatic hydroxyl groups is 2. The van der Waals surface area contributed by atoms with Crippen molar-refractivity contribution in [3.63, 3.8) is 0 Å². The third-order valence-corrected chi connectivity index (χ3v) is 8.66. The van der Waals surface area contributed by atoms with E-state index in [2.05, 4.69) is 0 Å². The maximum Gasteiger partial charge on any atom is 0.340 e. The number of esters is 3. The number of hydrogen-bond acceptors (Lipinski definition) is 9. The van der Waals surface area contributed by atoms with E-state index in [1.807, 2.05) is 20.8 Å². The zero-order valence-electron chi connectivity index (χ0n) is 16.6. The number of carbonyl (C=O) groups excluding carboxylic acids is 3. The number of aliphatic hydroxyl groups excluding tert-OH is 2. The summed E-state index contributed by atoms with van der Waals surface area (Å²) >= 11 is 0. The van der Waals surface area contributed by atoms with Crippen LogP contribution in [0.2, 0.25) is 0 Å². The zero-order chi connectivity index (χ0) is 20.9. The smallest absolute Gasteiger partial charge is 0.340 e. The molecule has 0 radical (unpaired) electrons. The van der Waals surface area contributed by atoms with Crippen LogP contribution in [0.15, 0.2) is 0 Å². The summed E-state index contributed by atoms with van der Waals surface area (Å²) in [6, 6.07) is 0. The van der Waals surface area contributed by atoms with Gasteiger partial charge in [-0.25, -0.2) is 4.79 Å².